The van der Waals surface area contributed by atoms with Crippen molar-refractivity contribution >= 4 is 29.6 Å². The fourth-order valence-electron chi connectivity index (χ4n) is 1.91. The Morgan fingerprint density at radius 3 is 2.16 bits per heavy atom. The number of anilines is 1. The maximum Gasteiger partial charge on any atom is 0.426 e. The van der Waals surface area contributed by atoms with Crippen LogP contribution in [0.1, 0.15) is 46.8 Å². The van der Waals surface area contributed by atoms with Crippen molar-refractivity contribution in [3.05, 3.63) is 29.8 Å². The summed E-state index contributed by atoms with van der Waals surface area (Å²) in [4.78, 5) is 51.1. The van der Waals surface area contributed by atoms with Crippen LogP contribution in [0.3, 0.4) is 0 Å². The van der Waals surface area contributed by atoms with Gasteiger partial charge in [-0.15, -0.1) is 5.06 Å². The predicted molar refractivity (Wildman–Crippen MR) is 90.2 cm³/mol. The molecule has 25 heavy (non-hydrogen) atoms. The molecule has 0 aromatic heterocycles. The Morgan fingerprint density at radius 2 is 1.64 bits per heavy atom. The van der Waals surface area contributed by atoms with Crippen molar-refractivity contribution in [3.63, 3.8) is 0 Å². The van der Waals surface area contributed by atoms with Gasteiger partial charge in [-0.1, -0.05) is 0 Å². The van der Waals surface area contributed by atoms with Crippen LogP contribution in [0, 0.1) is 0 Å². The standard InChI is InChI=1S/C16H19N3O6.2H2/c1-16(2,3)24-15(23)18-17-11-6-4-10(5-7-11)14(22)25-19-12(20)8-9-13(19)21;;/h4-7,17H,8-9H2,1-3H3,(H,18,23);2*1H. The van der Waals surface area contributed by atoms with Crippen molar-refractivity contribution in [2.45, 2.75) is 39.2 Å². The summed E-state index contributed by atoms with van der Waals surface area (Å²) < 4.78 is 5.06. The second kappa shape index (κ2) is 7.20. The number of carbonyl (C=O) groups excluding carboxylic acids is 4. The SMILES string of the molecule is CC(C)(C)OC(=O)NNc1ccc(C(=O)ON2C(=O)CCC2=O)cc1.[HH].[HH]. The monoisotopic (exact) mass is 353 g/mol. The predicted octanol–water partition coefficient (Wildman–Crippen LogP) is 2.25. The summed E-state index contributed by atoms with van der Waals surface area (Å²) in [7, 11) is 0. The van der Waals surface area contributed by atoms with E-state index in [-0.39, 0.29) is 21.3 Å². The Morgan fingerprint density at radius 1 is 1.08 bits per heavy atom. The third-order valence-corrected chi connectivity index (χ3v) is 3.01. The molecule has 0 unspecified atom stereocenters. The quantitative estimate of drug-likeness (QED) is 0.630. The van der Waals surface area contributed by atoms with Crippen LogP contribution in [0.25, 0.3) is 0 Å². The lowest BCUT2D eigenvalue weighted by molar-refractivity contribution is -0.172. The van der Waals surface area contributed by atoms with E-state index in [4.69, 9.17) is 9.57 Å². The average Bonchev–Trinajstić information content (AvgIpc) is 2.83. The molecule has 1 aromatic rings. The highest BCUT2D eigenvalue weighted by molar-refractivity contribution is 6.02. The molecular weight excluding hydrogens is 330 g/mol. The zero-order valence-corrected chi connectivity index (χ0v) is 14.1. The first-order chi connectivity index (χ1) is 11.7. The topological polar surface area (TPSA) is 114 Å². The molecule has 0 atom stereocenters. The van der Waals surface area contributed by atoms with E-state index >= 15 is 0 Å². The van der Waals surface area contributed by atoms with Crippen molar-refractivity contribution in [2.75, 3.05) is 5.43 Å². The van der Waals surface area contributed by atoms with E-state index < -0.39 is 29.5 Å². The molecule has 9 nitrogen and oxygen atoms in total. The molecule has 0 aliphatic carbocycles. The van der Waals surface area contributed by atoms with Gasteiger partial charge in [0.05, 0.1) is 11.3 Å². The summed E-state index contributed by atoms with van der Waals surface area (Å²) in [5.41, 5.74) is 5.00. The zero-order chi connectivity index (χ0) is 18.6. The molecule has 0 bridgehead atoms. The van der Waals surface area contributed by atoms with Crippen LogP contribution in [0.5, 0.6) is 0 Å². The third kappa shape index (κ3) is 5.20. The van der Waals surface area contributed by atoms with Crippen molar-refractivity contribution in [1.29, 1.82) is 0 Å². The molecule has 138 valence electrons. The van der Waals surface area contributed by atoms with Crippen molar-refractivity contribution in [3.8, 4) is 0 Å². The molecule has 1 aliphatic rings. The molecular formula is C16H23N3O6. The number of hydroxylamine groups is 2. The van der Waals surface area contributed by atoms with E-state index in [2.05, 4.69) is 10.9 Å². The zero-order valence-electron chi connectivity index (χ0n) is 14.1. The minimum atomic E-state index is -0.824. The Labute approximate surface area is 147 Å². The van der Waals surface area contributed by atoms with Crippen LogP contribution in [-0.4, -0.2) is 34.5 Å². The van der Waals surface area contributed by atoms with Gasteiger partial charge in [0.1, 0.15) is 5.60 Å². The fourth-order valence-corrected chi connectivity index (χ4v) is 1.91. The number of ether oxygens (including phenoxy) is 1. The van der Waals surface area contributed by atoms with Crippen LogP contribution in [0.2, 0.25) is 0 Å². The highest BCUT2D eigenvalue weighted by Crippen LogP contribution is 2.15. The normalized spacial score (nSPS) is 14.3. The van der Waals surface area contributed by atoms with Gasteiger partial charge >= 0.3 is 12.1 Å². The van der Waals surface area contributed by atoms with Crippen LogP contribution in [0.4, 0.5) is 10.5 Å². The van der Waals surface area contributed by atoms with Crippen molar-refractivity contribution in [2.24, 2.45) is 0 Å². The van der Waals surface area contributed by atoms with Gasteiger partial charge in [-0.05, 0) is 45.0 Å². The van der Waals surface area contributed by atoms with Crippen molar-refractivity contribution < 1.29 is 31.6 Å². The minimum Gasteiger partial charge on any atom is -0.443 e. The van der Waals surface area contributed by atoms with Gasteiger partial charge in [0.25, 0.3) is 11.8 Å². The number of carbonyl (C=O) groups is 4. The molecule has 1 heterocycles. The lowest BCUT2D eigenvalue weighted by Crippen LogP contribution is -2.35. The number of hydrogen-bond acceptors (Lipinski definition) is 7. The Hall–Kier alpha value is -3.10. The van der Waals surface area contributed by atoms with Gasteiger partial charge in [0.2, 0.25) is 0 Å². The average molecular weight is 353 g/mol. The Balaban J connectivity index is 0.00000338. The lowest BCUT2D eigenvalue weighted by atomic mass is 10.2. The summed E-state index contributed by atoms with van der Waals surface area (Å²) in [5, 5.41) is 0.485. The number of rotatable bonds is 4. The minimum absolute atomic E-state index is 0. The first-order valence-corrected chi connectivity index (χ1v) is 7.59. The van der Waals surface area contributed by atoms with Gasteiger partial charge in [-0.25, -0.2) is 15.0 Å². The van der Waals surface area contributed by atoms with Gasteiger partial charge in [-0.2, -0.15) is 0 Å². The maximum absolute atomic E-state index is 11.9. The highest BCUT2D eigenvalue weighted by Gasteiger charge is 2.33. The second-order valence-electron chi connectivity index (χ2n) is 6.29. The third-order valence-electron chi connectivity index (χ3n) is 3.01. The van der Waals surface area contributed by atoms with E-state index in [1.165, 1.54) is 24.3 Å². The number of nitrogens with zero attached hydrogens (tertiary/aromatic N) is 1. The van der Waals surface area contributed by atoms with Gasteiger partial charge < -0.3 is 9.57 Å². The van der Waals surface area contributed by atoms with E-state index in [1.54, 1.807) is 20.8 Å². The Bertz CT molecular complexity index is 687. The number of amides is 3. The van der Waals surface area contributed by atoms with Crippen LogP contribution >= 0.6 is 0 Å². The van der Waals surface area contributed by atoms with E-state index in [9.17, 15) is 19.2 Å². The summed E-state index contributed by atoms with van der Waals surface area (Å²) in [6.45, 7) is 5.22. The number of nitrogens with one attached hydrogen (secondary N) is 2. The van der Waals surface area contributed by atoms with E-state index in [0.717, 1.165) is 0 Å². The molecule has 0 radical (unpaired) electrons. The first-order valence-electron chi connectivity index (χ1n) is 7.59. The summed E-state index contributed by atoms with van der Waals surface area (Å²) in [6, 6.07) is 5.88. The number of benzene rings is 1. The molecule has 1 aromatic carbocycles. The summed E-state index contributed by atoms with van der Waals surface area (Å²) in [5.74, 6) is -1.91. The summed E-state index contributed by atoms with van der Waals surface area (Å²) >= 11 is 0. The first kappa shape index (κ1) is 18.2. The van der Waals surface area contributed by atoms with E-state index in [0.29, 0.717) is 10.8 Å². The lowest BCUT2D eigenvalue weighted by Gasteiger charge is -2.20. The molecule has 2 rings (SSSR count). The summed E-state index contributed by atoms with van der Waals surface area (Å²) in [6.07, 6.45) is -0.585. The smallest absolute Gasteiger partial charge is 0.426 e. The molecule has 1 saturated heterocycles. The number of imide groups is 1. The largest absolute Gasteiger partial charge is 0.443 e. The van der Waals surface area contributed by atoms with Crippen molar-refractivity contribution in [1.82, 2.24) is 10.5 Å². The van der Waals surface area contributed by atoms with Crippen LogP contribution < -0.4 is 10.9 Å². The molecule has 9 heteroatoms. The molecule has 2 N–H and O–H groups in total. The number of hydrogen-bond donors (Lipinski definition) is 2. The van der Waals surface area contributed by atoms with Gasteiger partial charge in [0.15, 0.2) is 0 Å². The van der Waals surface area contributed by atoms with Gasteiger partial charge in [-0.3, -0.25) is 15.0 Å². The number of hydrazine groups is 1. The Kier molecular flexibility index (Phi) is 5.26. The molecule has 0 saturated carbocycles. The van der Waals surface area contributed by atoms with Gasteiger partial charge in [0, 0.05) is 15.7 Å². The molecule has 1 fully saturated rings. The second-order valence-corrected chi connectivity index (χ2v) is 6.29. The molecule has 0 spiro atoms. The van der Waals surface area contributed by atoms with Crippen LogP contribution in [-0.2, 0) is 19.2 Å². The molecule has 1 aliphatic heterocycles. The van der Waals surface area contributed by atoms with Crippen LogP contribution in [0.15, 0.2) is 24.3 Å². The molecule has 3 amide bonds. The van der Waals surface area contributed by atoms with E-state index in [1.807, 2.05) is 0 Å². The highest BCUT2D eigenvalue weighted by atomic mass is 16.7. The fraction of sp³-hybridized carbons (Fsp3) is 0.375. The maximum atomic E-state index is 11.9.